The molecule has 2 aliphatic heterocycles. The van der Waals surface area contributed by atoms with Gasteiger partial charge in [-0.05, 0) is 62.4 Å². The highest BCUT2D eigenvalue weighted by Gasteiger charge is 2.39. The molecule has 2 rings (SSSR count). The molecule has 0 radical (unpaired) electrons. The third-order valence-electron chi connectivity index (χ3n) is 5.92. The third-order valence-corrected chi connectivity index (χ3v) is 5.92. The van der Waals surface area contributed by atoms with E-state index in [4.69, 9.17) is 0 Å². The fourth-order valence-electron chi connectivity index (χ4n) is 4.45. The molecule has 1 N–H and O–H groups in total. The highest BCUT2D eigenvalue weighted by Crippen LogP contribution is 2.40. The van der Waals surface area contributed by atoms with Gasteiger partial charge in [0.05, 0.1) is 0 Å². The maximum absolute atomic E-state index is 3.66. The smallest absolute Gasteiger partial charge is 0.00504 e. The zero-order chi connectivity index (χ0) is 13.8. The van der Waals surface area contributed by atoms with E-state index < -0.39 is 0 Å². The Bertz CT molecular complexity index is 259. The van der Waals surface area contributed by atoms with Crippen molar-refractivity contribution in [2.75, 3.05) is 32.7 Å². The van der Waals surface area contributed by atoms with Crippen molar-refractivity contribution in [2.45, 2.75) is 65.7 Å². The fourth-order valence-corrected chi connectivity index (χ4v) is 4.45. The Kier molecular flexibility index (Phi) is 5.30. The average molecular weight is 266 g/mol. The van der Waals surface area contributed by atoms with Crippen LogP contribution in [0, 0.1) is 10.8 Å². The van der Waals surface area contributed by atoms with Gasteiger partial charge in [0, 0.05) is 19.6 Å². The van der Waals surface area contributed by atoms with E-state index in [0.717, 1.165) is 0 Å². The SMILES string of the molecule is CCCC1(CN2CCC(CC)(CC)C2)CCCNC1. The number of piperidine rings is 1. The first-order valence-corrected chi connectivity index (χ1v) is 8.61. The summed E-state index contributed by atoms with van der Waals surface area (Å²) in [5.41, 5.74) is 1.21. The Labute approximate surface area is 120 Å². The quantitative estimate of drug-likeness (QED) is 0.789. The molecule has 0 aromatic carbocycles. The first kappa shape index (κ1) is 15.3. The van der Waals surface area contributed by atoms with Gasteiger partial charge < -0.3 is 10.2 Å². The first-order valence-electron chi connectivity index (χ1n) is 8.61. The predicted molar refractivity (Wildman–Crippen MR) is 83.5 cm³/mol. The van der Waals surface area contributed by atoms with Gasteiger partial charge in [-0.25, -0.2) is 0 Å². The molecular weight excluding hydrogens is 232 g/mol. The first-order chi connectivity index (χ1) is 9.17. The van der Waals surface area contributed by atoms with Gasteiger partial charge >= 0.3 is 0 Å². The van der Waals surface area contributed by atoms with Crippen molar-refractivity contribution >= 4 is 0 Å². The summed E-state index contributed by atoms with van der Waals surface area (Å²) in [6, 6.07) is 0. The summed E-state index contributed by atoms with van der Waals surface area (Å²) < 4.78 is 0. The van der Waals surface area contributed by atoms with E-state index in [2.05, 4.69) is 31.0 Å². The molecule has 0 saturated carbocycles. The summed E-state index contributed by atoms with van der Waals surface area (Å²) in [6.07, 6.45) is 9.70. The molecule has 0 aromatic rings. The molecule has 2 fully saturated rings. The van der Waals surface area contributed by atoms with Crippen molar-refractivity contribution in [3.8, 4) is 0 Å². The van der Waals surface area contributed by atoms with Crippen molar-refractivity contribution in [3.63, 3.8) is 0 Å². The fraction of sp³-hybridized carbons (Fsp3) is 1.00. The van der Waals surface area contributed by atoms with E-state index in [1.807, 2.05) is 0 Å². The summed E-state index contributed by atoms with van der Waals surface area (Å²) >= 11 is 0. The van der Waals surface area contributed by atoms with Gasteiger partial charge in [-0.15, -0.1) is 0 Å². The lowest BCUT2D eigenvalue weighted by molar-refractivity contribution is 0.110. The monoisotopic (exact) mass is 266 g/mol. The molecule has 112 valence electrons. The average Bonchev–Trinajstić information content (AvgIpc) is 2.84. The molecule has 2 nitrogen and oxygen atoms in total. The van der Waals surface area contributed by atoms with Gasteiger partial charge in [0.1, 0.15) is 0 Å². The van der Waals surface area contributed by atoms with Gasteiger partial charge in [0.25, 0.3) is 0 Å². The number of nitrogens with zero attached hydrogens (tertiary/aromatic N) is 1. The number of hydrogen-bond donors (Lipinski definition) is 1. The summed E-state index contributed by atoms with van der Waals surface area (Å²) in [5, 5.41) is 3.66. The van der Waals surface area contributed by atoms with Crippen LogP contribution in [0.15, 0.2) is 0 Å². The van der Waals surface area contributed by atoms with Crippen LogP contribution < -0.4 is 5.32 Å². The van der Waals surface area contributed by atoms with Crippen molar-refractivity contribution in [3.05, 3.63) is 0 Å². The van der Waals surface area contributed by atoms with E-state index in [-0.39, 0.29) is 0 Å². The minimum atomic E-state index is 0.574. The molecule has 0 spiro atoms. The zero-order valence-corrected chi connectivity index (χ0v) is 13.4. The molecule has 0 aromatic heterocycles. The molecule has 19 heavy (non-hydrogen) atoms. The van der Waals surface area contributed by atoms with Gasteiger partial charge in [0.15, 0.2) is 0 Å². The molecule has 1 unspecified atom stereocenters. The Morgan fingerprint density at radius 1 is 1.05 bits per heavy atom. The molecule has 2 heterocycles. The lowest BCUT2D eigenvalue weighted by Crippen LogP contribution is -2.47. The van der Waals surface area contributed by atoms with Crippen LogP contribution in [0.25, 0.3) is 0 Å². The highest BCUT2D eigenvalue weighted by molar-refractivity contribution is 4.93. The van der Waals surface area contributed by atoms with Crippen molar-refractivity contribution in [2.24, 2.45) is 10.8 Å². The molecule has 2 saturated heterocycles. The van der Waals surface area contributed by atoms with Crippen LogP contribution in [0.5, 0.6) is 0 Å². The Balaban J connectivity index is 1.95. The molecule has 2 heteroatoms. The number of hydrogen-bond acceptors (Lipinski definition) is 2. The normalized spacial score (nSPS) is 31.7. The van der Waals surface area contributed by atoms with Crippen molar-refractivity contribution in [1.29, 1.82) is 0 Å². The molecular formula is C17H34N2. The molecule has 2 aliphatic rings. The van der Waals surface area contributed by atoms with E-state index in [1.165, 1.54) is 77.7 Å². The summed E-state index contributed by atoms with van der Waals surface area (Å²) in [4.78, 5) is 2.79. The zero-order valence-electron chi connectivity index (χ0n) is 13.4. The number of rotatable bonds is 6. The largest absolute Gasteiger partial charge is 0.316 e. The summed E-state index contributed by atoms with van der Waals surface area (Å²) in [5.74, 6) is 0. The standard InChI is InChI=1S/C17H34N2/c1-4-8-17(9-7-11-18-13-17)15-19-12-10-16(5-2,6-3)14-19/h18H,4-15H2,1-3H3. The second kappa shape index (κ2) is 6.58. The summed E-state index contributed by atoms with van der Waals surface area (Å²) in [7, 11) is 0. The molecule has 1 atom stereocenters. The number of nitrogens with one attached hydrogen (secondary N) is 1. The lowest BCUT2D eigenvalue weighted by Gasteiger charge is -2.41. The third kappa shape index (κ3) is 3.52. The predicted octanol–water partition coefficient (Wildman–Crippen LogP) is 3.67. The molecule has 0 bridgehead atoms. The topological polar surface area (TPSA) is 15.3 Å². The molecule has 0 amide bonds. The van der Waals surface area contributed by atoms with Crippen LogP contribution >= 0.6 is 0 Å². The van der Waals surface area contributed by atoms with Crippen LogP contribution in [0.2, 0.25) is 0 Å². The maximum Gasteiger partial charge on any atom is 0.00504 e. The lowest BCUT2D eigenvalue weighted by atomic mass is 9.76. The van der Waals surface area contributed by atoms with Crippen LogP contribution in [0.4, 0.5) is 0 Å². The molecule has 0 aliphatic carbocycles. The summed E-state index contributed by atoms with van der Waals surface area (Å²) in [6.45, 7) is 13.6. The van der Waals surface area contributed by atoms with Gasteiger partial charge in [-0.1, -0.05) is 27.2 Å². The van der Waals surface area contributed by atoms with Crippen molar-refractivity contribution < 1.29 is 0 Å². The van der Waals surface area contributed by atoms with E-state index in [1.54, 1.807) is 0 Å². The van der Waals surface area contributed by atoms with Crippen LogP contribution in [-0.2, 0) is 0 Å². The van der Waals surface area contributed by atoms with Gasteiger partial charge in [0.2, 0.25) is 0 Å². The highest BCUT2D eigenvalue weighted by atomic mass is 15.2. The second-order valence-corrected chi connectivity index (χ2v) is 7.20. The van der Waals surface area contributed by atoms with E-state index in [0.29, 0.717) is 10.8 Å². The second-order valence-electron chi connectivity index (χ2n) is 7.20. The van der Waals surface area contributed by atoms with Crippen LogP contribution in [0.3, 0.4) is 0 Å². The van der Waals surface area contributed by atoms with Crippen molar-refractivity contribution in [1.82, 2.24) is 10.2 Å². The minimum absolute atomic E-state index is 0.574. The van der Waals surface area contributed by atoms with Crippen LogP contribution in [-0.4, -0.2) is 37.6 Å². The Morgan fingerprint density at radius 3 is 2.37 bits per heavy atom. The van der Waals surface area contributed by atoms with Gasteiger partial charge in [-0.3, -0.25) is 0 Å². The van der Waals surface area contributed by atoms with E-state index in [9.17, 15) is 0 Å². The maximum atomic E-state index is 3.66. The number of likely N-dealkylation sites (tertiary alicyclic amines) is 1. The van der Waals surface area contributed by atoms with E-state index >= 15 is 0 Å². The Morgan fingerprint density at radius 2 is 1.84 bits per heavy atom. The Hall–Kier alpha value is -0.0800. The van der Waals surface area contributed by atoms with Crippen LogP contribution in [0.1, 0.15) is 65.7 Å². The minimum Gasteiger partial charge on any atom is -0.316 e. The van der Waals surface area contributed by atoms with Gasteiger partial charge in [-0.2, -0.15) is 0 Å².